The molecule has 0 bridgehead atoms. The lowest BCUT2D eigenvalue weighted by Gasteiger charge is -2.15. The molecule has 0 radical (unpaired) electrons. The number of carboxylic acid groups (broad SMARTS) is 1. The Bertz CT molecular complexity index is 390. The van der Waals surface area contributed by atoms with Gasteiger partial charge >= 0.3 is 5.97 Å². The number of aliphatic carboxylic acids is 1. The van der Waals surface area contributed by atoms with Crippen LogP contribution in [-0.2, 0) is 9.59 Å². The van der Waals surface area contributed by atoms with Gasteiger partial charge < -0.3 is 16.2 Å². The van der Waals surface area contributed by atoms with Crippen molar-refractivity contribution >= 4 is 11.9 Å². The zero-order chi connectivity index (χ0) is 12.8. The van der Waals surface area contributed by atoms with E-state index in [0.717, 1.165) is 0 Å². The number of benzene rings is 1. The molecule has 0 fully saturated rings. The van der Waals surface area contributed by atoms with E-state index >= 15 is 0 Å². The molecule has 17 heavy (non-hydrogen) atoms. The van der Waals surface area contributed by atoms with Crippen molar-refractivity contribution in [2.75, 3.05) is 0 Å². The lowest BCUT2D eigenvalue weighted by Crippen LogP contribution is -2.36. The Labute approximate surface area is 99.6 Å². The van der Waals surface area contributed by atoms with Crippen molar-refractivity contribution in [2.24, 2.45) is 5.73 Å². The number of carbonyl (C=O) groups excluding carboxylic acids is 1. The highest BCUT2D eigenvalue weighted by Crippen LogP contribution is 2.12. The highest BCUT2D eigenvalue weighted by molar-refractivity contribution is 5.84. The van der Waals surface area contributed by atoms with E-state index in [9.17, 15) is 9.59 Å². The molecule has 0 saturated carbocycles. The summed E-state index contributed by atoms with van der Waals surface area (Å²) >= 11 is 0. The highest BCUT2D eigenvalue weighted by Gasteiger charge is 2.21. The molecule has 4 N–H and O–H groups in total. The lowest BCUT2D eigenvalue weighted by molar-refractivity contribution is -0.142. The van der Waals surface area contributed by atoms with Gasteiger partial charge in [-0.15, -0.1) is 0 Å². The molecule has 0 aliphatic carbocycles. The number of hydrogen-bond acceptors (Lipinski definition) is 3. The number of carbonyl (C=O) groups is 2. The van der Waals surface area contributed by atoms with Gasteiger partial charge in [-0.1, -0.05) is 30.3 Å². The zero-order valence-corrected chi connectivity index (χ0v) is 9.59. The normalized spacial score (nSPS) is 13.8. The standard InChI is InChI=1S/C12H16N2O3/c1-8(13)7-10(15)14-11(12(16)17)9-5-3-2-4-6-9/h2-6,8,11H,7,13H2,1H3,(H,14,15)(H,16,17). The van der Waals surface area contributed by atoms with Crippen LogP contribution in [0.5, 0.6) is 0 Å². The maximum atomic E-state index is 11.5. The fourth-order valence-electron chi connectivity index (χ4n) is 1.45. The van der Waals surface area contributed by atoms with Crippen molar-refractivity contribution in [3.63, 3.8) is 0 Å². The van der Waals surface area contributed by atoms with E-state index in [1.165, 1.54) is 0 Å². The van der Waals surface area contributed by atoms with E-state index in [1.54, 1.807) is 37.3 Å². The Kier molecular flexibility index (Phi) is 4.66. The summed E-state index contributed by atoms with van der Waals surface area (Å²) in [5.41, 5.74) is 6.02. The van der Waals surface area contributed by atoms with Crippen molar-refractivity contribution in [3.05, 3.63) is 35.9 Å². The minimum Gasteiger partial charge on any atom is -0.479 e. The van der Waals surface area contributed by atoms with Crippen molar-refractivity contribution in [3.8, 4) is 0 Å². The second kappa shape index (κ2) is 6.00. The summed E-state index contributed by atoms with van der Waals surface area (Å²) in [6.45, 7) is 1.69. The number of nitrogens with one attached hydrogen (secondary N) is 1. The fourth-order valence-corrected chi connectivity index (χ4v) is 1.45. The summed E-state index contributed by atoms with van der Waals surface area (Å²) in [6.07, 6.45) is 0.108. The average Bonchev–Trinajstić information content (AvgIpc) is 2.25. The molecule has 1 rings (SSSR count). The van der Waals surface area contributed by atoms with E-state index in [1.807, 2.05) is 0 Å². The minimum atomic E-state index is -1.09. The third kappa shape index (κ3) is 4.24. The van der Waals surface area contributed by atoms with Crippen LogP contribution in [0.3, 0.4) is 0 Å². The van der Waals surface area contributed by atoms with E-state index in [-0.39, 0.29) is 18.4 Å². The Morgan fingerprint density at radius 2 is 1.94 bits per heavy atom. The van der Waals surface area contributed by atoms with Gasteiger partial charge in [-0.05, 0) is 12.5 Å². The third-order valence-electron chi connectivity index (χ3n) is 2.19. The topological polar surface area (TPSA) is 92.4 Å². The SMILES string of the molecule is CC(N)CC(=O)NC(C(=O)O)c1ccccc1. The first-order valence-corrected chi connectivity index (χ1v) is 5.33. The number of nitrogens with two attached hydrogens (primary N) is 1. The van der Waals surface area contributed by atoms with Gasteiger partial charge in [0, 0.05) is 12.5 Å². The summed E-state index contributed by atoms with van der Waals surface area (Å²) in [7, 11) is 0. The molecular weight excluding hydrogens is 220 g/mol. The van der Waals surface area contributed by atoms with Crippen LogP contribution in [-0.4, -0.2) is 23.0 Å². The number of rotatable bonds is 5. The van der Waals surface area contributed by atoms with Crippen LogP contribution in [0.15, 0.2) is 30.3 Å². The van der Waals surface area contributed by atoms with Gasteiger partial charge in [0.1, 0.15) is 0 Å². The molecule has 0 spiro atoms. The average molecular weight is 236 g/mol. The van der Waals surface area contributed by atoms with Crippen molar-refractivity contribution < 1.29 is 14.7 Å². The first kappa shape index (κ1) is 13.2. The first-order chi connectivity index (χ1) is 8.00. The van der Waals surface area contributed by atoms with Gasteiger partial charge in [0.05, 0.1) is 0 Å². The summed E-state index contributed by atoms with van der Waals surface area (Å²) < 4.78 is 0. The number of carboxylic acids is 1. The van der Waals surface area contributed by atoms with Crippen LogP contribution in [0.1, 0.15) is 24.9 Å². The smallest absolute Gasteiger partial charge is 0.330 e. The van der Waals surface area contributed by atoms with Crippen LogP contribution in [0.2, 0.25) is 0 Å². The largest absolute Gasteiger partial charge is 0.479 e. The molecule has 0 aliphatic heterocycles. The van der Waals surface area contributed by atoms with Crippen molar-refractivity contribution in [1.29, 1.82) is 0 Å². The molecule has 5 heteroatoms. The van der Waals surface area contributed by atoms with Gasteiger partial charge in [0.2, 0.25) is 5.91 Å². The first-order valence-electron chi connectivity index (χ1n) is 5.33. The van der Waals surface area contributed by atoms with E-state index in [2.05, 4.69) is 5.32 Å². The molecule has 1 amide bonds. The van der Waals surface area contributed by atoms with Crippen LogP contribution < -0.4 is 11.1 Å². The number of hydrogen-bond donors (Lipinski definition) is 3. The molecule has 1 aromatic carbocycles. The number of amides is 1. The molecule has 2 unspecified atom stereocenters. The van der Waals surface area contributed by atoms with Crippen LogP contribution in [0.4, 0.5) is 0 Å². The van der Waals surface area contributed by atoms with Crippen molar-refractivity contribution in [1.82, 2.24) is 5.32 Å². The minimum absolute atomic E-state index is 0.108. The lowest BCUT2D eigenvalue weighted by atomic mass is 10.1. The zero-order valence-electron chi connectivity index (χ0n) is 9.59. The molecule has 5 nitrogen and oxygen atoms in total. The quantitative estimate of drug-likeness (QED) is 0.700. The van der Waals surface area contributed by atoms with Gasteiger partial charge in [-0.25, -0.2) is 4.79 Å². The van der Waals surface area contributed by atoms with Gasteiger partial charge in [-0.3, -0.25) is 4.79 Å². The molecule has 0 aliphatic rings. The van der Waals surface area contributed by atoms with Crippen LogP contribution in [0, 0.1) is 0 Å². The Morgan fingerprint density at radius 3 is 2.41 bits per heavy atom. The van der Waals surface area contributed by atoms with E-state index < -0.39 is 12.0 Å². The monoisotopic (exact) mass is 236 g/mol. The Balaban J connectivity index is 2.75. The fraction of sp³-hybridized carbons (Fsp3) is 0.333. The van der Waals surface area contributed by atoms with E-state index in [4.69, 9.17) is 10.8 Å². The molecule has 0 aromatic heterocycles. The van der Waals surface area contributed by atoms with Gasteiger partial charge in [0.15, 0.2) is 6.04 Å². The van der Waals surface area contributed by atoms with E-state index in [0.29, 0.717) is 5.56 Å². The van der Waals surface area contributed by atoms with Gasteiger partial charge in [-0.2, -0.15) is 0 Å². The summed E-state index contributed by atoms with van der Waals surface area (Å²) in [4.78, 5) is 22.6. The molecule has 0 heterocycles. The van der Waals surface area contributed by atoms with Gasteiger partial charge in [0.25, 0.3) is 0 Å². The molecule has 2 atom stereocenters. The maximum absolute atomic E-state index is 11.5. The molecular formula is C12H16N2O3. The molecule has 92 valence electrons. The van der Waals surface area contributed by atoms with Crippen molar-refractivity contribution in [2.45, 2.75) is 25.4 Å². The van der Waals surface area contributed by atoms with Crippen LogP contribution in [0.25, 0.3) is 0 Å². The molecule has 1 aromatic rings. The third-order valence-corrected chi connectivity index (χ3v) is 2.19. The Hall–Kier alpha value is -1.88. The maximum Gasteiger partial charge on any atom is 0.330 e. The van der Waals surface area contributed by atoms with Crippen LogP contribution >= 0.6 is 0 Å². The highest BCUT2D eigenvalue weighted by atomic mass is 16.4. The summed E-state index contributed by atoms with van der Waals surface area (Å²) in [5, 5.41) is 11.5. The summed E-state index contributed by atoms with van der Waals surface area (Å²) in [5.74, 6) is -1.45. The second-order valence-corrected chi connectivity index (χ2v) is 3.93. The second-order valence-electron chi connectivity index (χ2n) is 3.93. The molecule has 0 saturated heterocycles. The Morgan fingerprint density at radius 1 is 1.35 bits per heavy atom. The summed E-state index contributed by atoms with van der Waals surface area (Å²) in [6, 6.07) is 7.23. The predicted molar refractivity (Wildman–Crippen MR) is 63.2 cm³/mol. The predicted octanol–water partition coefficient (Wildman–Crippen LogP) is 0.666.